The predicted molar refractivity (Wildman–Crippen MR) is 63.8 cm³/mol. The summed E-state index contributed by atoms with van der Waals surface area (Å²) in [6, 6.07) is 1.77. The molecule has 90 valence electrons. The molecule has 5 heteroatoms. The van der Waals surface area contributed by atoms with Crippen LogP contribution in [0, 0.1) is 0 Å². The Kier molecular flexibility index (Phi) is 4.92. The van der Waals surface area contributed by atoms with Crippen LogP contribution in [0.1, 0.15) is 23.0 Å². The van der Waals surface area contributed by atoms with Crippen LogP contribution in [0.5, 0.6) is 0 Å². The molecule has 4 nitrogen and oxygen atoms in total. The van der Waals surface area contributed by atoms with Crippen LogP contribution in [0.2, 0.25) is 0 Å². The minimum atomic E-state index is -0.862. The van der Waals surface area contributed by atoms with Crippen molar-refractivity contribution in [3.63, 3.8) is 0 Å². The predicted octanol–water partition coefficient (Wildman–Crippen LogP) is 1.36. The van der Waals surface area contributed by atoms with Crippen LogP contribution in [-0.4, -0.2) is 41.7 Å². The Morgan fingerprint density at radius 3 is 2.81 bits per heavy atom. The largest absolute Gasteiger partial charge is 0.481 e. The molecule has 0 radical (unpaired) electrons. The van der Waals surface area contributed by atoms with Crippen LogP contribution >= 0.6 is 11.3 Å². The fourth-order valence-electron chi connectivity index (χ4n) is 1.46. The van der Waals surface area contributed by atoms with Crippen LogP contribution in [0.15, 0.2) is 11.4 Å². The molecule has 0 aliphatic rings. The van der Waals surface area contributed by atoms with Crippen LogP contribution in [0.25, 0.3) is 0 Å². The van der Waals surface area contributed by atoms with Crippen molar-refractivity contribution in [1.82, 2.24) is 4.90 Å². The molecule has 1 aromatic rings. The number of nitrogens with zero attached hydrogens (tertiary/aromatic N) is 1. The lowest BCUT2D eigenvalue weighted by Crippen LogP contribution is -2.16. The molecule has 0 bridgehead atoms. The van der Waals surface area contributed by atoms with E-state index in [2.05, 4.69) is 0 Å². The van der Waals surface area contributed by atoms with Gasteiger partial charge in [-0.25, -0.2) is 0 Å². The van der Waals surface area contributed by atoms with Crippen LogP contribution in [0.3, 0.4) is 0 Å². The van der Waals surface area contributed by atoms with E-state index >= 15 is 0 Å². The molecule has 1 unspecified atom stereocenters. The Morgan fingerprint density at radius 1 is 1.56 bits per heavy atom. The lowest BCUT2D eigenvalue weighted by molar-refractivity contribution is -0.136. The zero-order valence-corrected chi connectivity index (χ0v) is 10.3. The molecule has 0 spiro atoms. The third-order valence-electron chi connectivity index (χ3n) is 2.27. The number of carboxylic acids is 1. The number of aliphatic hydroxyl groups is 1. The molecule has 2 N–H and O–H groups in total. The number of aliphatic hydroxyl groups excluding tert-OH is 1. The Hall–Kier alpha value is -0.910. The number of rotatable bonds is 6. The number of carboxylic acid groups (broad SMARTS) is 1. The van der Waals surface area contributed by atoms with Gasteiger partial charge < -0.3 is 15.1 Å². The molecular formula is C11H17NO3S. The van der Waals surface area contributed by atoms with Crippen molar-refractivity contribution in [2.45, 2.75) is 18.9 Å². The maximum Gasteiger partial charge on any atom is 0.307 e. The van der Waals surface area contributed by atoms with E-state index in [4.69, 9.17) is 5.11 Å². The van der Waals surface area contributed by atoms with E-state index in [-0.39, 0.29) is 6.42 Å². The first-order chi connectivity index (χ1) is 7.50. The highest BCUT2D eigenvalue weighted by atomic mass is 32.1. The minimum absolute atomic E-state index is 0.0160. The fourth-order valence-corrected chi connectivity index (χ4v) is 2.41. The third-order valence-corrected chi connectivity index (χ3v) is 3.34. The van der Waals surface area contributed by atoms with Crippen LogP contribution < -0.4 is 0 Å². The zero-order valence-electron chi connectivity index (χ0n) is 9.51. The number of hydrogen-bond donors (Lipinski definition) is 2. The van der Waals surface area contributed by atoms with Gasteiger partial charge in [-0.15, -0.1) is 11.3 Å². The van der Waals surface area contributed by atoms with Gasteiger partial charge in [0.25, 0.3) is 0 Å². The van der Waals surface area contributed by atoms with E-state index in [1.807, 2.05) is 24.4 Å². The summed E-state index contributed by atoms with van der Waals surface area (Å²) in [4.78, 5) is 13.4. The molecular weight excluding hydrogens is 226 g/mol. The summed E-state index contributed by atoms with van der Waals surface area (Å²) in [5.74, 6) is -0.862. The number of aliphatic carboxylic acids is 1. The van der Waals surface area contributed by atoms with Crippen molar-refractivity contribution in [2.75, 3.05) is 20.6 Å². The third kappa shape index (κ3) is 3.92. The first kappa shape index (κ1) is 13.2. The second-order valence-corrected chi connectivity index (χ2v) is 4.94. The Labute approximate surface area is 99.1 Å². The summed E-state index contributed by atoms with van der Waals surface area (Å²) in [5, 5.41) is 20.5. The maximum absolute atomic E-state index is 10.6. The highest BCUT2D eigenvalue weighted by molar-refractivity contribution is 7.10. The van der Waals surface area contributed by atoms with Gasteiger partial charge in [0, 0.05) is 11.4 Å². The average molecular weight is 243 g/mol. The van der Waals surface area contributed by atoms with Gasteiger partial charge in [-0.1, -0.05) is 0 Å². The topological polar surface area (TPSA) is 60.8 Å². The molecule has 0 fully saturated rings. The van der Waals surface area contributed by atoms with Crippen molar-refractivity contribution < 1.29 is 15.0 Å². The SMILES string of the molecule is CN(C)CCC(O)c1sccc1CC(=O)O. The Bertz CT molecular complexity index is 349. The molecule has 0 aromatic carbocycles. The molecule has 0 saturated heterocycles. The van der Waals surface area contributed by atoms with E-state index in [9.17, 15) is 9.90 Å². The summed E-state index contributed by atoms with van der Waals surface area (Å²) in [6.07, 6.45) is 0.0506. The number of thiophene rings is 1. The second kappa shape index (κ2) is 5.98. The van der Waals surface area contributed by atoms with Gasteiger partial charge in [-0.3, -0.25) is 4.79 Å². The van der Waals surface area contributed by atoms with Gasteiger partial charge in [0.1, 0.15) is 0 Å². The standard InChI is InChI=1S/C11H17NO3S/c1-12(2)5-3-9(13)11-8(4-6-16-11)7-10(14)15/h4,6,9,13H,3,5,7H2,1-2H3,(H,14,15). The minimum Gasteiger partial charge on any atom is -0.481 e. The highest BCUT2D eigenvalue weighted by Gasteiger charge is 2.15. The summed E-state index contributed by atoms with van der Waals surface area (Å²) >= 11 is 1.42. The summed E-state index contributed by atoms with van der Waals surface area (Å²) in [5.41, 5.74) is 0.726. The van der Waals surface area contributed by atoms with E-state index in [0.29, 0.717) is 6.42 Å². The van der Waals surface area contributed by atoms with Crippen molar-refractivity contribution in [2.24, 2.45) is 0 Å². The fraction of sp³-hybridized carbons (Fsp3) is 0.545. The molecule has 16 heavy (non-hydrogen) atoms. The van der Waals surface area contributed by atoms with E-state index in [1.165, 1.54) is 11.3 Å². The van der Waals surface area contributed by atoms with Gasteiger partial charge >= 0.3 is 5.97 Å². The lowest BCUT2D eigenvalue weighted by Gasteiger charge is -2.14. The van der Waals surface area contributed by atoms with Crippen molar-refractivity contribution >= 4 is 17.3 Å². The molecule has 0 saturated carbocycles. The molecule has 0 aliphatic carbocycles. The number of hydrogen-bond acceptors (Lipinski definition) is 4. The monoisotopic (exact) mass is 243 g/mol. The van der Waals surface area contributed by atoms with Gasteiger partial charge in [0.15, 0.2) is 0 Å². The maximum atomic E-state index is 10.6. The quantitative estimate of drug-likeness (QED) is 0.792. The van der Waals surface area contributed by atoms with E-state index in [1.54, 1.807) is 6.07 Å². The average Bonchev–Trinajstić information content (AvgIpc) is 2.61. The zero-order chi connectivity index (χ0) is 12.1. The summed E-state index contributed by atoms with van der Waals surface area (Å²) in [6.45, 7) is 0.783. The Morgan fingerprint density at radius 2 is 2.25 bits per heavy atom. The van der Waals surface area contributed by atoms with Crippen molar-refractivity contribution in [3.05, 3.63) is 21.9 Å². The lowest BCUT2D eigenvalue weighted by atomic mass is 10.1. The highest BCUT2D eigenvalue weighted by Crippen LogP contribution is 2.27. The molecule has 0 amide bonds. The Balaban J connectivity index is 2.64. The van der Waals surface area contributed by atoms with Gasteiger partial charge in [-0.05, 0) is 37.5 Å². The van der Waals surface area contributed by atoms with Gasteiger partial charge in [0.05, 0.1) is 12.5 Å². The first-order valence-corrected chi connectivity index (χ1v) is 5.99. The van der Waals surface area contributed by atoms with E-state index < -0.39 is 12.1 Å². The smallest absolute Gasteiger partial charge is 0.307 e. The van der Waals surface area contributed by atoms with Crippen molar-refractivity contribution in [3.8, 4) is 0 Å². The van der Waals surface area contributed by atoms with Crippen LogP contribution in [-0.2, 0) is 11.2 Å². The molecule has 1 rings (SSSR count). The summed E-state index contributed by atoms with van der Waals surface area (Å²) in [7, 11) is 3.89. The van der Waals surface area contributed by atoms with Gasteiger partial charge in [-0.2, -0.15) is 0 Å². The van der Waals surface area contributed by atoms with E-state index in [0.717, 1.165) is 17.0 Å². The van der Waals surface area contributed by atoms with Gasteiger partial charge in [0.2, 0.25) is 0 Å². The molecule has 0 aliphatic heterocycles. The first-order valence-electron chi connectivity index (χ1n) is 5.11. The molecule has 1 heterocycles. The number of carbonyl (C=O) groups is 1. The van der Waals surface area contributed by atoms with Crippen LogP contribution in [0.4, 0.5) is 0 Å². The summed E-state index contributed by atoms with van der Waals surface area (Å²) < 4.78 is 0. The molecule has 1 aromatic heterocycles. The molecule has 1 atom stereocenters. The second-order valence-electron chi connectivity index (χ2n) is 3.99. The normalized spacial score (nSPS) is 13.0. The van der Waals surface area contributed by atoms with Crippen molar-refractivity contribution in [1.29, 1.82) is 0 Å².